The van der Waals surface area contributed by atoms with Gasteiger partial charge in [0.05, 0.1) is 17.6 Å². The molecule has 0 aliphatic carbocycles. The van der Waals surface area contributed by atoms with Crippen molar-refractivity contribution in [1.82, 2.24) is 14.8 Å². The maximum absolute atomic E-state index is 12.9. The number of nitrogens with one attached hydrogen (secondary N) is 1. The average Bonchev–Trinajstić information content (AvgIpc) is 3.44. The first-order valence-corrected chi connectivity index (χ1v) is 11.7. The largest absolute Gasteiger partial charge is 0.469 e. The van der Waals surface area contributed by atoms with Crippen LogP contribution < -0.4 is 5.32 Å². The van der Waals surface area contributed by atoms with Gasteiger partial charge in [0.2, 0.25) is 5.91 Å². The van der Waals surface area contributed by atoms with Crippen molar-refractivity contribution in [2.45, 2.75) is 38.8 Å². The molecule has 0 bridgehead atoms. The van der Waals surface area contributed by atoms with Gasteiger partial charge in [0.25, 0.3) is 0 Å². The molecule has 0 saturated heterocycles. The second-order valence-corrected chi connectivity index (χ2v) is 8.31. The zero-order valence-electron chi connectivity index (χ0n) is 18.5. The van der Waals surface area contributed by atoms with Crippen molar-refractivity contribution in [3.05, 3.63) is 77.7 Å². The van der Waals surface area contributed by atoms with E-state index < -0.39 is 0 Å². The molecule has 0 aliphatic heterocycles. The molecule has 1 N–H and O–H groups in total. The van der Waals surface area contributed by atoms with Crippen LogP contribution in [0.1, 0.15) is 30.7 Å². The van der Waals surface area contributed by atoms with Gasteiger partial charge in [0.1, 0.15) is 5.76 Å². The van der Waals surface area contributed by atoms with E-state index in [2.05, 4.69) is 41.5 Å². The number of thioether (sulfide) groups is 1. The number of aromatic nitrogens is 3. The summed E-state index contributed by atoms with van der Waals surface area (Å²) in [6.45, 7) is 6.10. The normalized spacial score (nSPS) is 11.0. The molecule has 1 amide bonds. The van der Waals surface area contributed by atoms with E-state index in [4.69, 9.17) is 4.42 Å². The standard InChI is InChI=1S/C25H26N4O2S/c1-4-18-10-9-11-19(5-2)23(18)26-22(30)16-32-25-28-27-24(21-14-15-31-17(21)3)29(25)20-12-7-6-8-13-20/h6-15H,4-5,16H2,1-3H3,(H,26,30). The van der Waals surface area contributed by atoms with Gasteiger partial charge in [0, 0.05) is 11.4 Å². The van der Waals surface area contributed by atoms with Crippen molar-refractivity contribution < 1.29 is 9.21 Å². The highest BCUT2D eigenvalue weighted by atomic mass is 32.2. The molecule has 0 saturated carbocycles. The molecule has 32 heavy (non-hydrogen) atoms. The van der Waals surface area contributed by atoms with E-state index in [0.717, 1.165) is 46.7 Å². The van der Waals surface area contributed by atoms with Crippen molar-refractivity contribution in [2.24, 2.45) is 0 Å². The van der Waals surface area contributed by atoms with E-state index in [1.807, 2.05) is 54.0 Å². The highest BCUT2D eigenvalue weighted by molar-refractivity contribution is 7.99. The number of furan rings is 1. The number of carbonyl (C=O) groups is 1. The molecule has 6 nitrogen and oxygen atoms in total. The zero-order valence-corrected chi connectivity index (χ0v) is 19.3. The number of anilines is 1. The second kappa shape index (κ2) is 9.87. The van der Waals surface area contributed by atoms with E-state index in [1.165, 1.54) is 11.8 Å². The Labute approximate surface area is 192 Å². The van der Waals surface area contributed by atoms with Crippen LogP contribution in [0.3, 0.4) is 0 Å². The Bertz CT molecular complexity index is 1190. The Balaban J connectivity index is 1.59. The minimum atomic E-state index is -0.0609. The Hall–Kier alpha value is -3.32. The second-order valence-electron chi connectivity index (χ2n) is 7.36. The number of benzene rings is 2. The molecule has 7 heteroatoms. The molecule has 0 atom stereocenters. The van der Waals surface area contributed by atoms with Gasteiger partial charge in [0.15, 0.2) is 11.0 Å². The number of hydrogen-bond donors (Lipinski definition) is 1. The summed E-state index contributed by atoms with van der Waals surface area (Å²) in [5, 5.41) is 12.6. The molecule has 164 valence electrons. The fourth-order valence-electron chi connectivity index (χ4n) is 3.67. The molecule has 0 radical (unpaired) electrons. The summed E-state index contributed by atoms with van der Waals surface area (Å²) in [6, 6.07) is 18.0. The van der Waals surface area contributed by atoms with Crippen molar-refractivity contribution in [1.29, 1.82) is 0 Å². The first-order valence-electron chi connectivity index (χ1n) is 10.7. The van der Waals surface area contributed by atoms with E-state index >= 15 is 0 Å². The van der Waals surface area contributed by atoms with E-state index in [-0.39, 0.29) is 11.7 Å². The van der Waals surface area contributed by atoms with Crippen LogP contribution in [0.4, 0.5) is 5.69 Å². The first-order chi connectivity index (χ1) is 15.6. The molecule has 0 aliphatic rings. The lowest BCUT2D eigenvalue weighted by molar-refractivity contribution is -0.113. The summed E-state index contributed by atoms with van der Waals surface area (Å²) in [5.41, 5.74) is 5.03. The van der Waals surface area contributed by atoms with Gasteiger partial charge in [-0.05, 0) is 49.1 Å². The van der Waals surface area contributed by atoms with Crippen LogP contribution in [-0.2, 0) is 17.6 Å². The minimum Gasteiger partial charge on any atom is -0.469 e. The third-order valence-corrected chi connectivity index (χ3v) is 6.27. The lowest BCUT2D eigenvalue weighted by Gasteiger charge is -2.14. The molecule has 2 aromatic heterocycles. The lowest BCUT2D eigenvalue weighted by Crippen LogP contribution is -2.17. The van der Waals surface area contributed by atoms with Crippen LogP contribution in [-0.4, -0.2) is 26.4 Å². The molecule has 4 aromatic rings. The summed E-state index contributed by atoms with van der Waals surface area (Å²) in [4.78, 5) is 12.9. The molecule has 0 spiro atoms. The Morgan fingerprint density at radius 2 is 1.72 bits per heavy atom. The zero-order chi connectivity index (χ0) is 22.5. The summed E-state index contributed by atoms with van der Waals surface area (Å²) < 4.78 is 7.44. The van der Waals surface area contributed by atoms with Gasteiger partial charge < -0.3 is 9.73 Å². The number of amides is 1. The van der Waals surface area contributed by atoms with Gasteiger partial charge in [-0.3, -0.25) is 9.36 Å². The van der Waals surface area contributed by atoms with Crippen molar-refractivity contribution >= 4 is 23.4 Å². The van der Waals surface area contributed by atoms with Gasteiger partial charge in [-0.2, -0.15) is 0 Å². The summed E-state index contributed by atoms with van der Waals surface area (Å²) in [6.07, 6.45) is 3.38. The summed E-state index contributed by atoms with van der Waals surface area (Å²) in [7, 11) is 0. The predicted octanol–water partition coefficient (Wildman–Crippen LogP) is 5.69. The molecule has 4 rings (SSSR count). The van der Waals surface area contributed by atoms with Crippen molar-refractivity contribution in [3.8, 4) is 17.1 Å². The topological polar surface area (TPSA) is 73.0 Å². The van der Waals surface area contributed by atoms with Crippen LogP contribution in [0.25, 0.3) is 17.1 Å². The SMILES string of the molecule is CCc1cccc(CC)c1NC(=O)CSc1nnc(-c2ccoc2C)n1-c1ccccc1. The number of para-hydroxylation sites is 2. The number of carbonyl (C=O) groups excluding carboxylic acids is 1. The molecular weight excluding hydrogens is 420 g/mol. The minimum absolute atomic E-state index is 0.0609. The first kappa shape index (κ1) is 21.9. The van der Waals surface area contributed by atoms with Gasteiger partial charge in [-0.15, -0.1) is 10.2 Å². The van der Waals surface area contributed by atoms with Crippen molar-refractivity contribution in [3.63, 3.8) is 0 Å². The van der Waals surface area contributed by atoms with Crippen LogP contribution in [0.5, 0.6) is 0 Å². The Morgan fingerprint density at radius 3 is 2.34 bits per heavy atom. The fraction of sp³-hybridized carbons (Fsp3) is 0.240. The molecule has 2 heterocycles. The monoisotopic (exact) mass is 446 g/mol. The van der Waals surface area contributed by atoms with Crippen molar-refractivity contribution in [2.75, 3.05) is 11.1 Å². The molecule has 0 fully saturated rings. The Morgan fingerprint density at radius 1 is 1.00 bits per heavy atom. The molecular formula is C25H26N4O2S. The van der Waals surface area contributed by atoms with Crippen LogP contribution in [0.2, 0.25) is 0 Å². The quantitative estimate of drug-likeness (QED) is 0.352. The van der Waals surface area contributed by atoms with Crippen LogP contribution in [0.15, 0.2) is 70.4 Å². The average molecular weight is 447 g/mol. The molecule has 0 unspecified atom stereocenters. The highest BCUT2D eigenvalue weighted by Gasteiger charge is 2.20. The Kier molecular flexibility index (Phi) is 6.75. The number of nitrogens with zero attached hydrogens (tertiary/aromatic N) is 3. The van der Waals surface area contributed by atoms with Gasteiger partial charge in [-0.25, -0.2) is 0 Å². The third-order valence-electron chi connectivity index (χ3n) is 5.34. The maximum Gasteiger partial charge on any atom is 0.234 e. The van der Waals surface area contributed by atoms with Gasteiger partial charge in [-0.1, -0.05) is 62.0 Å². The fourth-order valence-corrected chi connectivity index (χ4v) is 4.43. The number of hydrogen-bond acceptors (Lipinski definition) is 5. The predicted molar refractivity (Wildman–Crippen MR) is 128 cm³/mol. The van der Waals surface area contributed by atoms with Crippen LogP contribution >= 0.6 is 11.8 Å². The lowest BCUT2D eigenvalue weighted by atomic mass is 10.0. The highest BCUT2D eigenvalue weighted by Crippen LogP contribution is 2.30. The summed E-state index contributed by atoms with van der Waals surface area (Å²) >= 11 is 1.37. The van der Waals surface area contributed by atoms with E-state index in [9.17, 15) is 4.79 Å². The number of rotatable bonds is 8. The maximum atomic E-state index is 12.9. The number of aryl methyl sites for hydroxylation is 3. The summed E-state index contributed by atoms with van der Waals surface area (Å²) in [5.74, 6) is 1.63. The van der Waals surface area contributed by atoms with E-state index in [1.54, 1.807) is 6.26 Å². The third kappa shape index (κ3) is 4.48. The van der Waals surface area contributed by atoms with Gasteiger partial charge >= 0.3 is 0 Å². The van der Waals surface area contributed by atoms with Crippen LogP contribution in [0, 0.1) is 6.92 Å². The van der Waals surface area contributed by atoms with E-state index in [0.29, 0.717) is 11.0 Å². The smallest absolute Gasteiger partial charge is 0.234 e. The molecule has 2 aromatic carbocycles.